The highest BCUT2D eigenvalue weighted by Gasteiger charge is 2.15. The summed E-state index contributed by atoms with van der Waals surface area (Å²) in [5.41, 5.74) is 2.69. The van der Waals surface area contributed by atoms with E-state index >= 15 is 0 Å². The lowest BCUT2D eigenvalue weighted by Crippen LogP contribution is -2.37. The van der Waals surface area contributed by atoms with Gasteiger partial charge in [0.15, 0.2) is 17.5 Å². The zero-order valence-electron chi connectivity index (χ0n) is 16.2. The first-order chi connectivity index (χ1) is 14.5. The highest BCUT2D eigenvalue weighted by atomic mass is 32.1. The van der Waals surface area contributed by atoms with Gasteiger partial charge in [-0.2, -0.15) is 9.61 Å². The Morgan fingerprint density at radius 2 is 1.93 bits per heavy atom. The van der Waals surface area contributed by atoms with E-state index in [9.17, 15) is 4.79 Å². The first-order valence-corrected chi connectivity index (χ1v) is 10.3. The number of fused-ring (bicyclic) bond motifs is 1. The number of hydrogen-bond donors (Lipinski definition) is 2. The van der Waals surface area contributed by atoms with Crippen molar-refractivity contribution >= 4 is 45.2 Å². The highest BCUT2D eigenvalue weighted by Crippen LogP contribution is 2.31. The van der Waals surface area contributed by atoms with Gasteiger partial charge < -0.3 is 10.1 Å². The van der Waals surface area contributed by atoms with Crippen LogP contribution in [0.1, 0.15) is 11.4 Å². The van der Waals surface area contributed by atoms with E-state index in [4.69, 9.17) is 17.0 Å². The summed E-state index contributed by atoms with van der Waals surface area (Å²) < 4.78 is 7.15. The molecule has 0 spiro atoms. The molecule has 0 radical (unpaired) electrons. The number of hydrogen-bond acceptors (Lipinski definition) is 7. The van der Waals surface area contributed by atoms with Crippen molar-refractivity contribution in [1.82, 2.24) is 25.1 Å². The lowest BCUT2D eigenvalue weighted by molar-refractivity contribution is -0.121. The second kappa shape index (κ2) is 8.56. The lowest BCUT2D eigenvalue weighted by Gasteiger charge is -2.14. The summed E-state index contributed by atoms with van der Waals surface area (Å²) in [6.07, 6.45) is 0. The fourth-order valence-corrected chi connectivity index (χ4v) is 4.00. The van der Waals surface area contributed by atoms with Crippen molar-refractivity contribution in [2.24, 2.45) is 0 Å². The molecule has 4 aromatic rings. The molecule has 8 nitrogen and oxygen atoms in total. The minimum atomic E-state index is -0.339. The average molecular weight is 439 g/mol. The van der Waals surface area contributed by atoms with Gasteiger partial charge in [0.1, 0.15) is 10.8 Å². The van der Waals surface area contributed by atoms with Gasteiger partial charge in [0.25, 0.3) is 5.91 Å². The van der Waals surface area contributed by atoms with Crippen LogP contribution in [0, 0.1) is 13.8 Å². The third-order valence-corrected chi connectivity index (χ3v) is 5.46. The van der Waals surface area contributed by atoms with Crippen LogP contribution in [0.25, 0.3) is 15.5 Å². The quantitative estimate of drug-likeness (QED) is 0.462. The molecule has 10 heteroatoms. The number of aryl methyl sites for hydroxylation is 1. The molecule has 0 unspecified atom stereocenters. The van der Waals surface area contributed by atoms with Gasteiger partial charge in [0.05, 0.1) is 0 Å². The fraction of sp³-hybridized carbons (Fsp3) is 0.150. The molecule has 2 N–H and O–H groups in total. The monoisotopic (exact) mass is 438 g/mol. The number of aromatic nitrogens is 4. The van der Waals surface area contributed by atoms with Crippen molar-refractivity contribution in [2.75, 3.05) is 11.9 Å². The van der Waals surface area contributed by atoms with Gasteiger partial charge in [0, 0.05) is 11.3 Å². The van der Waals surface area contributed by atoms with E-state index in [0.717, 1.165) is 32.6 Å². The molecular weight excluding hydrogens is 420 g/mol. The Morgan fingerprint density at radius 3 is 2.70 bits per heavy atom. The molecule has 0 atom stereocenters. The second-order valence-corrected chi connectivity index (χ2v) is 7.80. The highest BCUT2D eigenvalue weighted by molar-refractivity contribution is 7.80. The number of para-hydroxylation sites is 1. The Balaban J connectivity index is 1.42. The molecule has 30 heavy (non-hydrogen) atoms. The van der Waals surface area contributed by atoms with Crippen molar-refractivity contribution in [3.8, 4) is 16.3 Å². The lowest BCUT2D eigenvalue weighted by atomic mass is 10.1. The summed E-state index contributed by atoms with van der Waals surface area (Å²) in [4.78, 5) is 12.8. The van der Waals surface area contributed by atoms with E-state index in [1.54, 1.807) is 16.6 Å². The van der Waals surface area contributed by atoms with E-state index in [1.165, 1.54) is 11.3 Å². The third kappa shape index (κ3) is 4.29. The first-order valence-electron chi connectivity index (χ1n) is 9.09. The maximum absolute atomic E-state index is 12.1. The fourth-order valence-electron chi connectivity index (χ4n) is 2.81. The Morgan fingerprint density at radius 1 is 1.13 bits per heavy atom. The van der Waals surface area contributed by atoms with Gasteiger partial charge in [-0.25, -0.2) is 0 Å². The molecule has 0 saturated carbocycles. The molecule has 0 fully saturated rings. The molecule has 2 heterocycles. The number of anilines is 1. The molecule has 152 valence electrons. The normalized spacial score (nSPS) is 10.7. The van der Waals surface area contributed by atoms with Crippen molar-refractivity contribution < 1.29 is 9.53 Å². The summed E-state index contributed by atoms with van der Waals surface area (Å²) in [5, 5.41) is 19.4. The van der Waals surface area contributed by atoms with Gasteiger partial charge in [-0.3, -0.25) is 10.1 Å². The molecular formula is C20H18N6O2S2. The third-order valence-electron chi connectivity index (χ3n) is 4.33. The molecule has 0 aliphatic rings. The van der Waals surface area contributed by atoms with Crippen LogP contribution in [-0.4, -0.2) is 37.4 Å². The largest absolute Gasteiger partial charge is 0.484 e. The molecule has 4 rings (SSSR count). The Bertz CT molecular complexity index is 1220. The van der Waals surface area contributed by atoms with Crippen LogP contribution in [-0.2, 0) is 4.79 Å². The molecule has 0 bridgehead atoms. The summed E-state index contributed by atoms with van der Waals surface area (Å²) in [7, 11) is 0. The van der Waals surface area contributed by atoms with E-state index in [2.05, 4.69) is 25.9 Å². The maximum atomic E-state index is 12.1. The number of thiocarbonyl (C=S) groups is 1. The molecule has 1 amide bonds. The minimum absolute atomic E-state index is 0.128. The topological polar surface area (TPSA) is 93.4 Å². The molecule has 0 aliphatic carbocycles. The average Bonchev–Trinajstić information content (AvgIpc) is 3.31. The number of benzene rings is 2. The van der Waals surface area contributed by atoms with E-state index in [0.29, 0.717) is 5.75 Å². The van der Waals surface area contributed by atoms with Gasteiger partial charge in [-0.1, -0.05) is 41.7 Å². The SMILES string of the molecule is Cc1c(NC(=S)NC(=O)COc2ccccc2)cccc1-c1nn2c(C)nnc2s1. The van der Waals surface area contributed by atoms with Crippen LogP contribution in [0.5, 0.6) is 5.75 Å². The van der Waals surface area contributed by atoms with Crippen LogP contribution < -0.4 is 15.4 Å². The van der Waals surface area contributed by atoms with Crippen LogP contribution in [0.15, 0.2) is 48.5 Å². The van der Waals surface area contributed by atoms with Crippen LogP contribution in [0.3, 0.4) is 0 Å². The Hall–Kier alpha value is -3.37. The van der Waals surface area contributed by atoms with Crippen molar-refractivity contribution in [2.45, 2.75) is 13.8 Å². The van der Waals surface area contributed by atoms with Crippen LogP contribution >= 0.6 is 23.6 Å². The number of nitrogens with zero attached hydrogens (tertiary/aromatic N) is 4. The van der Waals surface area contributed by atoms with Gasteiger partial charge >= 0.3 is 0 Å². The van der Waals surface area contributed by atoms with Crippen molar-refractivity contribution in [3.63, 3.8) is 0 Å². The number of carbonyl (C=O) groups is 1. The zero-order valence-corrected chi connectivity index (χ0v) is 17.9. The van der Waals surface area contributed by atoms with E-state index in [-0.39, 0.29) is 17.6 Å². The van der Waals surface area contributed by atoms with E-state index in [1.807, 2.05) is 50.2 Å². The molecule has 2 aromatic carbocycles. The maximum Gasteiger partial charge on any atom is 0.264 e. The minimum Gasteiger partial charge on any atom is -0.484 e. The number of nitrogens with one attached hydrogen (secondary N) is 2. The number of rotatable bonds is 5. The molecule has 0 saturated heterocycles. The first kappa shape index (κ1) is 19.9. The van der Waals surface area contributed by atoms with E-state index < -0.39 is 0 Å². The standard InChI is InChI=1S/C20H18N6O2S2/c1-12-15(18-25-26-13(2)23-24-20(26)30-18)9-6-10-16(12)21-19(29)22-17(27)11-28-14-7-4-3-5-8-14/h3-10H,11H2,1-2H3,(H2,21,22,27,29). The smallest absolute Gasteiger partial charge is 0.264 e. The van der Waals surface area contributed by atoms with Gasteiger partial charge in [0.2, 0.25) is 4.96 Å². The molecule has 0 aliphatic heterocycles. The Kier molecular flexibility index (Phi) is 5.68. The number of carbonyl (C=O) groups excluding carboxylic acids is 1. The van der Waals surface area contributed by atoms with Crippen LogP contribution in [0.4, 0.5) is 5.69 Å². The Labute approximate surface area is 181 Å². The zero-order chi connectivity index (χ0) is 21.1. The number of amides is 1. The summed E-state index contributed by atoms with van der Waals surface area (Å²) in [6, 6.07) is 14.9. The predicted molar refractivity (Wildman–Crippen MR) is 120 cm³/mol. The summed E-state index contributed by atoms with van der Waals surface area (Å²) in [5.74, 6) is 1.02. The van der Waals surface area contributed by atoms with Crippen LogP contribution in [0.2, 0.25) is 0 Å². The number of ether oxygens (including phenoxy) is 1. The van der Waals surface area contributed by atoms with Crippen molar-refractivity contribution in [1.29, 1.82) is 0 Å². The predicted octanol–water partition coefficient (Wildman–Crippen LogP) is 3.36. The van der Waals surface area contributed by atoms with Crippen molar-refractivity contribution in [3.05, 3.63) is 59.9 Å². The van der Waals surface area contributed by atoms with Gasteiger partial charge in [-0.15, -0.1) is 10.2 Å². The molecule has 2 aromatic heterocycles. The van der Waals surface area contributed by atoms with Gasteiger partial charge in [-0.05, 0) is 49.8 Å². The summed E-state index contributed by atoms with van der Waals surface area (Å²) in [6.45, 7) is 3.70. The second-order valence-electron chi connectivity index (χ2n) is 6.43. The summed E-state index contributed by atoms with van der Waals surface area (Å²) >= 11 is 6.74.